The highest BCUT2D eigenvalue weighted by Crippen LogP contribution is 2.12. The van der Waals surface area contributed by atoms with Gasteiger partial charge in [0.2, 0.25) is 0 Å². The lowest BCUT2D eigenvalue weighted by atomic mass is 10.2. The van der Waals surface area contributed by atoms with Crippen molar-refractivity contribution in [1.82, 2.24) is 15.2 Å². The first-order valence-corrected chi connectivity index (χ1v) is 7.55. The predicted octanol–water partition coefficient (Wildman–Crippen LogP) is -0.199. The van der Waals surface area contributed by atoms with E-state index in [2.05, 4.69) is 20.1 Å². The highest BCUT2D eigenvalue weighted by Gasteiger charge is 2.19. The maximum atomic E-state index is 10.0. The van der Waals surface area contributed by atoms with Crippen LogP contribution in [0.3, 0.4) is 0 Å². The lowest BCUT2D eigenvalue weighted by molar-refractivity contribution is 0.105. The molecule has 118 valence electrons. The number of piperazine rings is 1. The minimum Gasteiger partial charge on any atom is -0.390 e. The van der Waals surface area contributed by atoms with Gasteiger partial charge in [0.15, 0.2) is 0 Å². The molecule has 0 aromatic carbocycles. The van der Waals surface area contributed by atoms with E-state index in [4.69, 9.17) is 4.74 Å². The zero-order chi connectivity index (χ0) is 14.9. The average molecular weight is 294 g/mol. The van der Waals surface area contributed by atoms with Gasteiger partial charge in [0.05, 0.1) is 12.7 Å². The Morgan fingerprint density at radius 1 is 1.33 bits per heavy atom. The van der Waals surface area contributed by atoms with E-state index in [1.165, 1.54) is 0 Å². The molecule has 6 heteroatoms. The van der Waals surface area contributed by atoms with E-state index in [0.717, 1.165) is 45.1 Å². The summed E-state index contributed by atoms with van der Waals surface area (Å²) >= 11 is 0. The number of nitrogens with one attached hydrogen (secondary N) is 1. The average Bonchev–Trinajstić information content (AvgIpc) is 2.53. The first-order valence-electron chi connectivity index (χ1n) is 7.55. The number of aliphatic hydroxyl groups is 1. The minimum absolute atomic E-state index is 0.330. The summed E-state index contributed by atoms with van der Waals surface area (Å²) in [5.41, 5.74) is 0. The van der Waals surface area contributed by atoms with Crippen LogP contribution in [0.4, 0.5) is 5.82 Å². The number of nitrogens with zero attached hydrogens (tertiary/aromatic N) is 3. The lowest BCUT2D eigenvalue weighted by Gasteiger charge is -2.36. The van der Waals surface area contributed by atoms with Gasteiger partial charge in [-0.15, -0.1) is 0 Å². The van der Waals surface area contributed by atoms with Crippen LogP contribution in [0, 0.1) is 0 Å². The largest absolute Gasteiger partial charge is 0.390 e. The molecule has 1 aliphatic rings. The van der Waals surface area contributed by atoms with Crippen molar-refractivity contribution in [3.05, 3.63) is 24.4 Å². The molecule has 1 aromatic rings. The van der Waals surface area contributed by atoms with Crippen LogP contribution in [0.5, 0.6) is 0 Å². The first-order chi connectivity index (χ1) is 10.3. The van der Waals surface area contributed by atoms with Gasteiger partial charge in [-0.3, -0.25) is 4.90 Å². The van der Waals surface area contributed by atoms with Crippen molar-refractivity contribution in [2.75, 3.05) is 64.4 Å². The second kappa shape index (κ2) is 8.94. The Labute approximate surface area is 126 Å². The Bertz CT molecular complexity index is 383. The Hall–Kier alpha value is -1.21. The summed E-state index contributed by atoms with van der Waals surface area (Å²) in [6.07, 6.45) is 1.50. The second-order valence-electron chi connectivity index (χ2n) is 5.33. The Kier molecular flexibility index (Phi) is 6.88. The molecule has 0 radical (unpaired) electrons. The van der Waals surface area contributed by atoms with Crippen LogP contribution in [0.15, 0.2) is 24.4 Å². The Balaban J connectivity index is 1.65. The van der Waals surface area contributed by atoms with Crippen molar-refractivity contribution >= 4 is 5.82 Å². The van der Waals surface area contributed by atoms with Crippen LogP contribution < -0.4 is 10.2 Å². The molecule has 1 aliphatic heterocycles. The SMILES string of the molecule is COCCNCC(O)CN1CCN(c2ccccn2)CC1. The summed E-state index contributed by atoms with van der Waals surface area (Å²) in [7, 11) is 1.68. The molecule has 21 heavy (non-hydrogen) atoms. The summed E-state index contributed by atoms with van der Waals surface area (Å²) < 4.78 is 4.96. The number of β-amino-alcohol motifs (C(OH)–C–C–N with tert-alkyl or cyclic N) is 1. The number of hydrogen-bond acceptors (Lipinski definition) is 6. The Morgan fingerprint density at radius 2 is 2.14 bits per heavy atom. The van der Waals surface area contributed by atoms with Crippen molar-refractivity contribution < 1.29 is 9.84 Å². The van der Waals surface area contributed by atoms with E-state index in [9.17, 15) is 5.11 Å². The molecule has 1 fully saturated rings. The van der Waals surface area contributed by atoms with Crippen LogP contribution in [0.25, 0.3) is 0 Å². The molecule has 1 saturated heterocycles. The summed E-state index contributed by atoms with van der Waals surface area (Å²) in [6, 6.07) is 6.00. The van der Waals surface area contributed by atoms with Gasteiger partial charge in [-0.25, -0.2) is 4.98 Å². The molecular formula is C15H26N4O2. The molecule has 1 atom stereocenters. The van der Waals surface area contributed by atoms with Crippen molar-refractivity contribution in [1.29, 1.82) is 0 Å². The van der Waals surface area contributed by atoms with E-state index < -0.39 is 0 Å². The molecule has 1 aromatic heterocycles. The van der Waals surface area contributed by atoms with Crippen LogP contribution in [-0.2, 0) is 4.74 Å². The number of aromatic nitrogens is 1. The normalized spacial score (nSPS) is 17.9. The molecule has 1 unspecified atom stereocenters. The van der Waals surface area contributed by atoms with Crippen molar-refractivity contribution in [3.8, 4) is 0 Å². The fourth-order valence-electron chi connectivity index (χ4n) is 2.51. The minimum atomic E-state index is -0.330. The number of aliphatic hydroxyl groups excluding tert-OH is 1. The molecule has 2 N–H and O–H groups in total. The fourth-order valence-corrected chi connectivity index (χ4v) is 2.51. The molecule has 0 spiro atoms. The van der Waals surface area contributed by atoms with Gasteiger partial charge in [-0.2, -0.15) is 0 Å². The zero-order valence-corrected chi connectivity index (χ0v) is 12.7. The van der Waals surface area contributed by atoms with Gasteiger partial charge < -0.3 is 20.1 Å². The third kappa shape index (κ3) is 5.59. The highest BCUT2D eigenvalue weighted by atomic mass is 16.5. The monoisotopic (exact) mass is 294 g/mol. The van der Waals surface area contributed by atoms with Crippen LogP contribution >= 0.6 is 0 Å². The van der Waals surface area contributed by atoms with E-state index in [0.29, 0.717) is 13.2 Å². The predicted molar refractivity (Wildman–Crippen MR) is 83.6 cm³/mol. The van der Waals surface area contributed by atoms with Gasteiger partial charge in [0.25, 0.3) is 0 Å². The number of anilines is 1. The number of ether oxygens (including phenoxy) is 1. The number of rotatable bonds is 8. The van der Waals surface area contributed by atoms with Crippen LogP contribution in [0.2, 0.25) is 0 Å². The van der Waals surface area contributed by atoms with Crippen LogP contribution in [-0.4, -0.2) is 80.6 Å². The van der Waals surface area contributed by atoms with Gasteiger partial charge in [-0.05, 0) is 12.1 Å². The van der Waals surface area contributed by atoms with Gasteiger partial charge in [0.1, 0.15) is 5.82 Å². The van der Waals surface area contributed by atoms with Gasteiger partial charge in [0, 0.05) is 59.1 Å². The zero-order valence-electron chi connectivity index (χ0n) is 12.7. The maximum absolute atomic E-state index is 10.0. The van der Waals surface area contributed by atoms with Crippen molar-refractivity contribution in [2.24, 2.45) is 0 Å². The Morgan fingerprint density at radius 3 is 2.81 bits per heavy atom. The lowest BCUT2D eigenvalue weighted by Crippen LogP contribution is -2.50. The second-order valence-corrected chi connectivity index (χ2v) is 5.33. The third-order valence-electron chi connectivity index (χ3n) is 3.68. The van der Waals surface area contributed by atoms with E-state index >= 15 is 0 Å². The maximum Gasteiger partial charge on any atom is 0.128 e. The summed E-state index contributed by atoms with van der Waals surface area (Å²) in [4.78, 5) is 8.98. The third-order valence-corrected chi connectivity index (χ3v) is 3.68. The van der Waals surface area contributed by atoms with E-state index in [1.807, 2.05) is 24.4 Å². The topological polar surface area (TPSA) is 60.9 Å². The van der Waals surface area contributed by atoms with Crippen molar-refractivity contribution in [2.45, 2.75) is 6.10 Å². The van der Waals surface area contributed by atoms with Crippen molar-refractivity contribution in [3.63, 3.8) is 0 Å². The summed E-state index contributed by atoms with van der Waals surface area (Å²) in [5, 5.41) is 13.2. The van der Waals surface area contributed by atoms with E-state index in [1.54, 1.807) is 7.11 Å². The summed E-state index contributed by atoms with van der Waals surface area (Å²) in [5.74, 6) is 1.04. The molecule has 0 aliphatic carbocycles. The molecular weight excluding hydrogens is 268 g/mol. The molecule has 0 amide bonds. The van der Waals surface area contributed by atoms with Gasteiger partial charge in [-0.1, -0.05) is 6.07 Å². The molecule has 2 rings (SSSR count). The number of hydrogen-bond donors (Lipinski definition) is 2. The van der Waals surface area contributed by atoms with E-state index in [-0.39, 0.29) is 6.10 Å². The number of pyridine rings is 1. The smallest absolute Gasteiger partial charge is 0.128 e. The summed E-state index contributed by atoms with van der Waals surface area (Å²) in [6.45, 7) is 6.63. The van der Waals surface area contributed by atoms with Crippen LogP contribution in [0.1, 0.15) is 0 Å². The molecule has 6 nitrogen and oxygen atoms in total. The van der Waals surface area contributed by atoms with Gasteiger partial charge >= 0.3 is 0 Å². The standard InChI is InChI=1S/C15H26N4O2/c1-21-11-6-16-12-14(20)13-18-7-9-19(10-8-18)15-4-2-3-5-17-15/h2-5,14,16,20H,6-13H2,1H3. The molecule has 0 bridgehead atoms. The quantitative estimate of drug-likeness (QED) is 0.648. The fraction of sp³-hybridized carbons (Fsp3) is 0.667. The molecule has 2 heterocycles. The highest BCUT2D eigenvalue weighted by molar-refractivity contribution is 5.38. The number of methoxy groups -OCH3 is 1. The first kappa shape index (κ1) is 16.2. The molecule has 0 saturated carbocycles.